The van der Waals surface area contributed by atoms with E-state index in [0.29, 0.717) is 12.0 Å². The zero-order chi connectivity index (χ0) is 11.1. The van der Waals surface area contributed by atoms with Gasteiger partial charge in [0.25, 0.3) is 0 Å². The fraction of sp³-hybridized carbons (Fsp3) is 0.917. The summed E-state index contributed by atoms with van der Waals surface area (Å²) in [5, 5.41) is 6.81. The first kappa shape index (κ1) is 11.5. The topological polar surface area (TPSA) is 15.6 Å². The van der Waals surface area contributed by atoms with Crippen LogP contribution in [0.25, 0.3) is 0 Å². The quantitative estimate of drug-likeness (QED) is 0.581. The van der Waals surface area contributed by atoms with Crippen LogP contribution in [0, 0.1) is 11.3 Å². The molecule has 0 saturated heterocycles. The Morgan fingerprint density at radius 2 is 1.57 bits per heavy atom. The molecule has 0 bridgehead atoms. The summed E-state index contributed by atoms with van der Waals surface area (Å²) in [5.41, 5.74) is 0.405. The fourth-order valence-electron chi connectivity index (χ4n) is 2.30. The molecule has 0 aromatic heterocycles. The maximum Gasteiger partial charge on any atom is 0.0600 e. The molecule has 1 rings (SSSR count). The zero-order valence-corrected chi connectivity index (χ0v) is 10.6. The first-order valence-electron chi connectivity index (χ1n) is 5.47. The van der Waals surface area contributed by atoms with Crippen LogP contribution in [-0.2, 0) is 0 Å². The molecular weight excluding hydrogens is 172 g/mol. The van der Waals surface area contributed by atoms with E-state index in [1.165, 1.54) is 0 Å². The van der Waals surface area contributed by atoms with Crippen LogP contribution in [0.2, 0.25) is 0 Å². The van der Waals surface area contributed by atoms with Crippen LogP contribution in [0.1, 0.15) is 48.5 Å². The van der Waals surface area contributed by atoms with Crippen molar-refractivity contribution in [3.8, 4) is 0 Å². The highest BCUT2D eigenvalue weighted by Crippen LogP contribution is 2.37. The van der Waals surface area contributed by atoms with E-state index >= 15 is 0 Å². The van der Waals surface area contributed by atoms with Crippen molar-refractivity contribution in [2.45, 2.75) is 60.0 Å². The van der Waals surface area contributed by atoms with Crippen molar-refractivity contribution in [1.82, 2.24) is 5.01 Å². The van der Waals surface area contributed by atoms with E-state index < -0.39 is 0 Å². The van der Waals surface area contributed by atoms with E-state index in [9.17, 15) is 0 Å². The van der Waals surface area contributed by atoms with Crippen molar-refractivity contribution in [3.05, 3.63) is 0 Å². The third kappa shape index (κ3) is 2.10. The van der Waals surface area contributed by atoms with Gasteiger partial charge in [-0.25, -0.2) is 0 Å². The van der Waals surface area contributed by atoms with Gasteiger partial charge in [-0.15, -0.1) is 0 Å². The zero-order valence-electron chi connectivity index (χ0n) is 10.6. The van der Waals surface area contributed by atoms with Gasteiger partial charge in [-0.2, -0.15) is 5.10 Å². The molecule has 14 heavy (non-hydrogen) atoms. The minimum atomic E-state index is 0.124. The molecule has 2 nitrogen and oxygen atoms in total. The summed E-state index contributed by atoms with van der Waals surface area (Å²) < 4.78 is 0. The third-order valence-electron chi connectivity index (χ3n) is 2.76. The molecule has 2 atom stereocenters. The van der Waals surface area contributed by atoms with Gasteiger partial charge < -0.3 is 0 Å². The highest BCUT2D eigenvalue weighted by Gasteiger charge is 2.41. The molecule has 0 fully saturated rings. The van der Waals surface area contributed by atoms with Crippen LogP contribution >= 0.6 is 0 Å². The van der Waals surface area contributed by atoms with Crippen LogP contribution in [0.15, 0.2) is 5.10 Å². The molecule has 1 heterocycles. The Morgan fingerprint density at radius 3 is 1.86 bits per heavy atom. The predicted molar refractivity (Wildman–Crippen MR) is 62.5 cm³/mol. The number of rotatable bonds is 0. The second-order valence-electron chi connectivity index (χ2n) is 6.45. The second-order valence-corrected chi connectivity index (χ2v) is 6.45. The van der Waals surface area contributed by atoms with E-state index in [1.54, 1.807) is 0 Å². The largest absolute Gasteiger partial charge is 0.288 e. The van der Waals surface area contributed by atoms with Gasteiger partial charge in [0, 0.05) is 17.7 Å². The molecule has 1 aliphatic heterocycles. The molecule has 82 valence electrons. The molecule has 0 aromatic carbocycles. The highest BCUT2D eigenvalue weighted by molar-refractivity contribution is 5.63. The Kier molecular flexibility index (Phi) is 2.68. The minimum Gasteiger partial charge on any atom is -0.288 e. The molecule has 0 aromatic rings. The predicted octanol–water partition coefficient (Wildman–Crippen LogP) is 3.14. The van der Waals surface area contributed by atoms with Crippen LogP contribution in [-0.4, -0.2) is 22.8 Å². The van der Waals surface area contributed by atoms with Crippen LogP contribution in [0.4, 0.5) is 0 Å². The number of hydrazone groups is 1. The summed E-state index contributed by atoms with van der Waals surface area (Å²) in [4.78, 5) is 0. The third-order valence-corrected chi connectivity index (χ3v) is 2.76. The van der Waals surface area contributed by atoms with Gasteiger partial charge in [0.1, 0.15) is 0 Å². The Hall–Kier alpha value is -0.530. The molecule has 0 saturated carbocycles. The lowest BCUT2D eigenvalue weighted by Gasteiger charge is -2.43. The van der Waals surface area contributed by atoms with Crippen LogP contribution < -0.4 is 0 Å². The Bertz CT molecular complexity index is 230. The standard InChI is InChI=1S/C12H24N2/c1-9-8-13-14(12(5,6)7)10(9)11(2,3)4/h8-10H,1-7H3. The van der Waals surface area contributed by atoms with Crippen molar-refractivity contribution in [3.63, 3.8) is 0 Å². The van der Waals surface area contributed by atoms with Crippen molar-refractivity contribution < 1.29 is 0 Å². The number of hydrogen-bond acceptors (Lipinski definition) is 2. The van der Waals surface area contributed by atoms with Crippen molar-refractivity contribution in [2.24, 2.45) is 16.4 Å². The highest BCUT2D eigenvalue weighted by atomic mass is 15.5. The molecule has 2 heteroatoms. The molecular formula is C12H24N2. The van der Waals surface area contributed by atoms with Gasteiger partial charge in [0.05, 0.1) is 6.04 Å². The molecule has 0 N–H and O–H groups in total. The average Bonchev–Trinajstić information content (AvgIpc) is 2.27. The fourth-order valence-corrected chi connectivity index (χ4v) is 2.30. The summed E-state index contributed by atoms with van der Waals surface area (Å²) in [6.45, 7) is 15.8. The first-order chi connectivity index (χ1) is 6.14. The van der Waals surface area contributed by atoms with E-state index in [4.69, 9.17) is 0 Å². The normalized spacial score (nSPS) is 28.6. The Labute approximate surface area is 88.4 Å². The van der Waals surface area contributed by atoms with Crippen LogP contribution in [0.5, 0.6) is 0 Å². The SMILES string of the molecule is CC1C=NN(C(C)(C)C)C1C(C)(C)C. The van der Waals surface area contributed by atoms with Crippen molar-refractivity contribution >= 4 is 6.21 Å². The molecule has 0 aliphatic carbocycles. The maximum absolute atomic E-state index is 4.54. The van der Waals surface area contributed by atoms with E-state index in [1.807, 2.05) is 0 Å². The smallest absolute Gasteiger partial charge is 0.0600 e. The van der Waals surface area contributed by atoms with Gasteiger partial charge in [-0.1, -0.05) is 27.7 Å². The van der Waals surface area contributed by atoms with Crippen LogP contribution in [0.3, 0.4) is 0 Å². The second kappa shape index (κ2) is 3.25. The molecule has 0 amide bonds. The van der Waals surface area contributed by atoms with E-state index in [0.717, 1.165) is 0 Å². The Balaban J connectivity index is 2.93. The molecule has 0 radical (unpaired) electrons. The summed E-state index contributed by atoms with van der Waals surface area (Å²) in [5.74, 6) is 0.550. The number of hydrogen-bond donors (Lipinski definition) is 0. The van der Waals surface area contributed by atoms with Gasteiger partial charge in [-0.05, 0) is 26.2 Å². The average molecular weight is 196 g/mol. The van der Waals surface area contributed by atoms with Crippen molar-refractivity contribution in [2.75, 3.05) is 0 Å². The summed E-state index contributed by atoms with van der Waals surface area (Å²) >= 11 is 0. The van der Waals surface area contributed by atoms with Gasteiger partial charge >= 0.3 is 0 Å². The monoisotopic (exact) mass is 196 g/mol. The summed E-state index contributed by atoms with van der Waals surface area (Å²) in [7, 11) is 0. The minimum absolute atomic E-state index is 0.124. The van der Waals surface area contributed by atoms with E-state index in [2.05, 4.69) is 64.8 Å². The summed E-state index contributed by atoms with van der Waals surface area (Å²) in [6, 6.07) is 0.516. The van der Waals surface area contributed by atoms with Gasteiger partial charge in [-0.3, -0.25) is 5.01 Å². The molecule has 0 spiro atoms. The lowest BCUT2D eigenvalue weighted by atomic mass is 9.79. The molecule has 2 unspecified atom stereocenters. The number of nitrogens with zero attached hydrogens (tertiary/aromatic N) is 2. The maximum atomic E-state index is 4.54. The Morgan fingerprint density at radius 1 is 1.07 bits per heavy atom. The summed E-state index contributed by atoms with van der Waals surface area (Å²) in [6.07, 6.45) is 2.08. The molecule has 1 aliphatic rings. The van der Waals surface area contributed by atoms with Crippen molar-refractivity contribution in [1.29, 1.82) is 0 Å². The van der Waals surface area contributed by atoms with Gasteiger partial charge in [0.2, 0.25) is 0 Å². The van der Waals surface area contributed by atoms with E-state index in [-0.39, 0.29) is 11.0 Å². The lowest BCUT2D eigenvalue weighted by molar-refractivity contribution is 0.0260. The lowest BCUT2D eigenvalue weighted by Crippen LogP contribution is -2.50. The first-order valence-corrected chi connectivity index (χ1v) is 5.47. The van der Waals surface area contributed by atoms with Gasteiger partial charge in [0.15, 0.2) is 0 Å².